The summed E-state index contributed by atoms with van der Waals surface area (Å²) in [5.41, 5.74) is 27.2. The molecule has 16 aromatic carbocycles. The van der Waals surface area contributed by atoms with Crippen molar-refractivity contribution in [1.82, 2.24) is 0 Å². The Morgan fingerprint density at radius 1 is 0.204 bits per heavy atom. The minimum atomic E-state index is 0.347. The van der Waals surface area contributed by atoms with Crippen LogP contribution in [0.4, 0.5) is 68.2 Å². The highest BCUT2D eigenvalue weighted by atomic mass is 15.2. The second kappa shape index (κ2) is 25.7. The summed E-state index contributed by atoms with van der Waals surface area (Å²) in [5.74, 6) is 0.694. The lowest BCUT2D eigenvalue weighted by molar-refractivity contribution is 0.876. The van der Waals surface area contributed by atoms with Crippen LogP contribution >= 0.6 is 0 Å². The van der Waals surface area contributed by atoms with E-state index in [-0.39, 0.29) is 0 Å². The molecule has 0 spiro atoms. The first-order valence-electron chi connectivity index (χ1n) is 34.8. The molecule has 16 aromatic rings. The van der Waals surface area contributed by atoms with Crippen molar-refractivity contribution in [2.75, 3.05) is 19.6 Å². The Morgan fingerprint density at radius 3 is 0.694 bits per heavy atom. The molecule has 0 radical (unpaired) electrons. The predicted octanol–water partition coefficient (Wildman–Crippen LogP) is 27.8. The summed E-state index contributed by atoms with van der Waals surface area (Å²) in [6, 6.07) is 103. The van der Waals surface area contributed by atoms with E-state index in [1.54, 1.807) is 0 Å². The van der Waals surface area contributed by atoms with Crippen LogP contribution in [0.3, 0.4) is 0 Å². The Hall–Kier alpha value is -11.2. The Bertz CT molecular complexity index is 5190. The van der Waals surface area contributed by atoms with E-state index >= 15 is 0 Å². The number of para-hydroxylation sites is 8. The minimum absolute atomic E-state index is 0.347. The maximum Gasteiger partial charge on any atom is 0.0546 e. The molecule has 98 heavy (non-hydrogen) atoms. The van der Waals surface area contributed by atoms with Gasteiger partial charge in [0.15, 0.2) is 0 Å². The second-order valence-electron chi connectivity index (χ2n) is 27.6. The minimum Gasteiger partial charge on any atom is -0.309 e. The summed E-state index contributed by atoms with van der Waals surface area (Å²) in [6.07, 6.45) is 0. The Labute approximate surface area is 578 Å². The quantitative estimate of drug-likeness (QED) is 0.101. The highest BCUT2D eigenvalue weighted by Gasteiger charge is 2.30. The van der Waals surface area contributed by atoms with Crippen molar-refractivity contribution < 1.29 is 0 Å². The van der Waals surface area contributed by atoms with Crippen molar-refractivity contribution in [2.45, 2.75) is 94.9 Å². The number of aryl methyl sites for hydroxylation is 8. The third kappa shape index (κ3) is 10.8. The summed E-state index contributed by atoms with van der Waals surface area (Å²) < 4.78 is 0. The third-order valence-corrected chi connectivity index (χ3v) is 20.4. The molecule has 0 bridgehead atoms. The molecule has 0 aliphatic carbocycles. The van der Waals surface area contributed by atoms with Gasteiger partial charge >= 0.3 is 0 Å². The SMILES string of the molecule is Cc1cccc(C)c1N(c1ccccc1)c1cc2c(C(C)C)ccc3c(N(c4ccccc4)c4c(C)cccc4C)cc4c(C(C)C)ccc1c4c23.Cc1cccc(C)c1N(c1ccccc1)c1cc2cccc3c(N(c4ccccc4)c4c(C)cccc4C)cc4cccc1c4c23. The zero-order chi connectivity index (χ0) is 67.6. The van der Waals surface area contributed by atoms with E-state index in [1.807, 2.05) is 0 Å². The van der Waals surface area contributed by atoms with Gasteiger partial charge in [0.1, 0.15) is 0 Å². The zero-order valence-electron chi connectivity index (χ0n) is 58.5. The predicted molar refractivity (Wildman–Crippen MR) is 425 cm³/mol. The lowest BCUT2D eigenvalue weighted by atomic mass is 9.83. The van der Waals surface area contributed by atoms with Gasteiger partial charge in [-0.3, -0.25) is 0 Å². The Kier molecular flexibility index (Phi) is 16.5. The number of hydrogen-bond acceptors (Lipinski definition) is 4. The van der Waals surface area contributed by atoms with Gasteiger partial charge in [-0.15, -0.1) is 0 Å². The average molecular weight is 1270 g/mol. The van der Waals surface area contributed by atoms with Crippen LogP contribution in [0.5, 0.6) is 0 Å². The summed E-state index contributed by atoms with van der Waals surface area (Å²) in [4.78, 5) is 9.95. The van der Waals surface area contributed by atoms with Crippen molar-refractivity contribution in [3.63, 3.8) is 0 Å². The van der Waals surface area contributed by atoms with Crippen LogP contribution in [-0.2, 0) is 0 Å². The molecule has 4 nitrogen and oxygen atoms in total. The fourth-order valence-corrected chi connectivity index (χ4v) is 16.0. The number of hydrogen-bond donors (Lipinski definition) is 0. The van der Waals surface area contributed by atoms with Gasteiger partial charge in [0.05, 0.1) is 45.5 Å². The van der Waals surface area contributed by atoms with E-state index in [1.165, 1.54) is 166 Å². The van der Waals surface area contributed by atoms with Gasteiger partial charge in [-0.25, -0.2) is 0 Å². The van der Waals surface area contributed by atoms with Crippen LogP contribution in [-0.4, -0.2) is 0 Å². The standard InChI is InChI=1S/C50H48N2.C44H36N2/c1-31(2)39-25-27-41-46(52(38-23-13-10-14-24-38)50-35(7)19-16-20-36(50)8)30-44-40(32(3)4)26-28-42-45(29-43(39)47(41)48(42)44)51(37-21-11-9-12-22-37)49-33(5)17-15-18-34(49)6;1-29-15-11-16-30(2)43(29)45(35-21-7-5-8-22-35)39-27-33-19-14-26-38-40(28-34-20-13-25-37(39)41(34)42(33)38)46(36-23-9-6-10-24-36)44-31(3)17-12-18-32(44)4/h9-32H,1-8H3;5-28H,1-4H3. The molecule has 0 atom stereocenters. The smallest absolute Gasteiger partial charge is 0.0546 e. The van der Waals surface area contributed by atoms with Gasteiger partial charge in [0, 0.05) is 44.3 Å². The largest absolute Gasteiger partial charge is 0.309 e. The molecule has 0 amide bonds. The molecule has 0 saturated heterocycles. The van der Waals surface area contributed by atoms with E-state index in [4.69, 9.17) is 0 Å². The molecule has 0 saturated carbocycles. The van der Waals surface area contributed by atoms with Crippen molar-refractivity contribution in [1.29, 1.82) is 0 Å². The van der Waals surface area contributed by atoms with Gasteiger partial charge in [-0.2, -0.15) is 0 Å². The van der Waals surface area contributed by atoms with Gasteiger partial charge in [-0.05, 0) is 239 Å². The molecule has 480 valence electrons. The van der Waals surface area contributed by atoms with Crippen LogP contribution in [0, 0.1) is 55.4 Å². The molecule has 0 fully saturated rings. The highest BCUT2D eigenvalue weighted by molar-refractivity contribution is 6.32. The number of anilines is 12. The van der Waals surface area contributed by atoms with E-state index in [9.17, 15) is 0 Å². The lowest BCUT2D eigenvalue weighted by Crippen LogP contribution is -2.15. The number of benzene rings is 16. The monoisotopic (exact) mass is 1270 g/mol. The fourth-order valence-electron chi connectivity index (χ4n) is 16.0. The molecular weight excluding hydrogens is 1190 g/mol. The first-order valence-corrected chi connectivity index (χ1v) is 34.8. The van der Waals surface area contributed by atoms with Gasteiger partial charge in [-0.1, -0.05) is 234 Å². The maximum absolute atomic E-state index is 2.52. The first kappa shape index (κ1) is 62.9. The van der Waals surface area contributed by atoms with Gasteiger partial charge < -0.3 is 19.6 Å². The molecule has 0 unspecified atom stereocenters. The maximum atomic E-state index is 2.52. The van der Waals surface area contributed by atoms with Crippen molar-refractivity contribution >= 4 is 133 Å². The summed E-state index contributed by atoms with van der Waals surface area (Å²) >= 11 is 0. The van der Waals surface area contributed by atoms with Gasteiger partial charge in [0.2, 0.25) is 0 Å². The van der Waals surface area contributed by atoms with Crippen molar-refractivity contribution in [3.05, 3.63) is 335 Å². The molecular formula is C94H84N4. The van der Waals surface area contributed by atoms with Crippen LogP contribution in [0.15, 0.2) is 279 Å². The Morgan fingerprint density at radius 2 is 0.439 bits per heavy atom. The average Bonchev–Trinajstić information content (AvgIpc) is 0.711. The van der Waals surface area contributed by atoms with Crippen LogP contribution in [0.25, 0.3) is 64.6 Å². The van der Waals surface area contributed by atoms with Crippen LogP contribution < -0.4 is 19.6 Å². The highest BCUT2D eigenvalue weighted by Crippen LogP contribution is 2.55. The molecule has 0 aliphatic heterocycles. The van der Waals surface area contributed by atoms with Crippen molar-refractivity contribution in [3.8, 4) is 0 Å². The molecule has 4 heteroatoms. The van der Waals surface area contributed by atoms with E-state index in [0.29, 0.717) is 11.8 Å². The van der Waals surface area contributed by atoms with E-state index < -0.39 is 0 Å². The fraction of sp³-hybridized carbons (Fsp3) is 0.149. The van der Waals surface area contributed by atoms with E-state index in [2.05, 4.69) is 382 Å². The normalized spacial score (nSPS) is 11.7. The lowest BCUT2D eigenvalue weighted by Gasteiger charge is -2.33. The summed E-state index contributed by atoms with van der Waals surface area (Å²) in [6.45, 7) is 27.2. The number of rotatable bonds is 14. The van der Waals surface area contributed by atoms with Crippen molar-refractivity contribution in [2.24, 2.45) is 0 Å². The van der Waals surface area contributed by atoms with E-state index in [0.717, 1.165) is 22.7 Å². The second-order valence-corrected chi connectivity index (χ2v) is 27.6. The molecule has 0 aliphatic rings. The molecule has 16 rings (SSSR count). The zero-order valence-corrected chi connectivity index (χ0v) is 58.5. The molecule has 0 heterocycles. The summed E-state index contributed by atoms with van der Waals surface area (Å²) in [7, 11) is 0. The topological polar surface area (TPSA) is 13.0 Å². The van der Waals surface area contributed by atoms with Crippen LogP contribution in [0.2, 0.25) is 0 Å². The first-order chi connectivity index (χ1) is 47.7. The Balaban J connectivity index is 0.000000161. The molecule has 0 aromatic heterocycles. The third-order valence-electron chi connectivity index (χ3n) is 20.4. The van der Waals surface area contributed by atoms with Crippen LogP contribution in [0.1, 0.15) is 95.2 Å². The molecule has 0 N–H and O–H groups in total. The van der Waals surface area contributed by atoms with Gasteiger partial charge in [0.25, 0.3) is 0 Å². The summed E-state index contributed by atoms with van der Waals surface area (Å²) in [5, 5.41) is 15.5. The number of nitrogens with zero attached hydrogens (tertiary/aromatic N) is 4.